The first-order valence-corrected chi connectivity index (χ1v) is 7.94. The summed E-state index contributed by atoms with van der Waals surface area (Å²) in [5.41, 5.74) is 0. The molecule has 0 aliphatic heterocycles. The fourth-order valence-electron chi connectivity index (χ4n) is 2.29. The molecule has 0 aromatic carbocycles. The molecular weight excluding hydrogens is 236 g/mol. The largest absolute Gasteiger partial charge is 0.355 e. The van der Waals surface area contributed by atoms with Gasteiger partial charge in [0, 0.05) is 23.4 Å². The zero-order valence-electron chi connectivity index (χ0n) is 10.8. The molecule has 1 rings (SSSR count). The van der Waals surface area contributed by atoms with Gasteiger partial charge in [0.05, 0.1) is 5.25 Å². The highest BCUT2D eigenvalue weighted by molar-refractivity contribution is 7.86. The van der Waals surface area contributed by atoms with E-state index in [9.17, 15) is 9.00 Å². The quantitative estimate of drug-likeness (QED) is 0.711. The van der Waals surface area contributed by atoms with E-state index in [-0.39, 0.29) is 16.9 Å². The third-order valence-corrected chi connectivity index (χ3v) is 4.89. The van der Waals surface area contributed by atoms with E-state index in [0.29, 0.717) is 12.6 Å². The molecule has 3 unspecified atom stereocenters. The fourth-order valence-corrected chi connectivity index (χ4v) is 3.89. The molecule has 3 atom stereocenters. The Bertz CT molecular complexity index is 271. The van der Waals surface area contributed by atoms with Gasteiger partial charge < -0.3 is 10.6 Å². The minimum absolute atomic E-state index is 0.0765. The van der Waals surface area contributed by atoms with Crippen LogP contribution < -0.4 is 10.6 Å². The van der Waals surface area contributed by atoms with Crippen LogP contribution in [0.5, 0.6) is 0 Å². The predicted molar refractivity (Wildman–Crippen MR) is 71.4 cm³/mol. The van der Waals surface area contributed by atoms with Crippen molar-refractivity contribution in [1.29, 1.82) is 0 Å². The van der Waals surface area contributed by atoms with Crippen molar-refractivity contribution in [2.24, 2.45) is 0 Å². The SMILES string of the molecule is CCCNC(=O)CS(=O)C1CCCC1NCC. The molecule has 1 saturated carbocycles. The van der Waals surface area contributed by atoms with Crippen molar-refractivity contribution >= 4 is 16.7 Å². The van der Waals surface area contributed by atoms with E-state index >= 15 is 0 Å². The number of carbonyl (C=O) groups excluding carboxylic acids is 1. The summed E-state index contributed by atoms with van der Waals surface area (Å²) < 4.78 is 12.1. The minimum Gasteiger partial charge on any atom is -0.355 e. The number of amides is 1. The summed E-state index contributed by atoms with van der Waals surface area (Å²) in [7, 11) is -1.04. The van der Waals surface area contributed by atoms with Crippen molar-refractivity contribution in [2.75, 3.05) is 18.8 Å². The molecule has 17 heavy (non-hydrogen) atoms. The zero-order valence-corrected chi connectivity index (χ0v) is 11.6. The average molecular weight is 260 g/mol. The zero-order chi connectivity index (χ0) is 12.7. The Morgan fingerprint density at radius 2 is 2.12 bits per heavy atom. The van der Waals surface area contributed by atoms with Gasteiger partial charge in [-0.1, -0.05) is 20.3 Å². The van der Waals surface area contributed by atoms with Crippen molar-refractivity contribution in [3.8, 4) is 0 Å². The van der Waals surface area contributed by atoms with Gasteiger partial charge in [-0.3, -0.25) is 9.00 Å². The smallest absolute Gasteiger partial charge is 0.232 e. The van der Waals surface area contributed by atoms with E-state index < -0.39 is 10.8 Å². The fraction of sp³-hybridized carbons (Fsp3) is 0.917. The molecular formula is C12H24N2O2S. The lowest BCUT2D eigenvalue weighted by molar-refractivity contribution is -0.118. The van der Waals surface area contributed by atoms with Gasteiger partial charge in [0.1, 0.15) is 5.75 Å². The van der Waals surface area contributed by atoms with E-state index in [0.717, 1.165) is 32.2 Å². The minimum atomic E-state index is -1.04. The highest BCUT2D eigenvalue weighted by Crippen LogP contribution is 2.23. The van der Waals surface area contributed by atoms with Crippen LogP contribution in [0.15, 0.2) is 0 Å². The lowest BCUT2D eigenvalue weighted by Gasteiger charge is -2.19. The van der Waals surface area contributed by atoms with Crippen LogP contribution in [0.1, 0.15) is 39.5 Å². The molecule has 0 saturated heterocycles. The highest BCUT2D eigenvalue weighted by atomic mass is 32.2. The summed E-state index contributed by atoms with van der Waals surface area (Å²) >= 11 is 0. The molecule has 1 aliphatic rings. The Morgan fingerprint density at radius 3 is 2.76 bits per heavy atom. The standard InChI is InChI=1S/C12H24N2O2S/c1-3-8-14-12(15)9-17(16)11-7-5-6-10(11)13-4-2/h10-11,13H,3-9H2,1-2H3,(H,14,15). The summed E-state index contributed by atoms with van der Waals surface area (Å²) in [6, 6.07) is 0.333. The van der Waals surface area contributed by atoms with Crippen LogP contribution in [0.2, 0.25) is 0 Å². The van der Waals surface area contributed by atoms with E-state index in [4.69, 9.17) is 0 Å². The Balaban J connectivity index is 2.38. The summed E-state index contributed by atoms with van der Waals surface area (Å²) in [6.45, 7) is 5.65. The van der Waals surface area contributed by atoms with Crippen LogP contribution in [0.25, 0.3) is 0 Å². The van der Waals surface area contributed by atoms with E-state index in [1.807, 2.05) is 6.92 Å². The average Bonchev–Trinajstić information content (AvgIpc) is 2.75. The Labute approximate surface area is 106 Å². The summed E-state index contributed by atoms with van der Waals surface area (Å²) in [5.74, 6) is 0.0827. The first kappa shape index (κ1) is 14.6. The van der Waals surface area contributed by atoms with E-state index in [1.165, 1.54) is 0 Å². The molecule has 0 bridgehead atoms. The summed E-state index contributed by atoms with van der Waals surface area (Å²) in [5, 5.41) is 6.30. The summed E-state index contributed by atoms with van der Waals surface area (Å²) in [4.78, 5) is 11.5. The van der Waals surface area contributed by atoms with Crippen molar-refractivity contribution < 1.29 is 9.00 Å². The molecule has 0 aromatic rings. The Morgan fingerprint density at radius 1 is 1.35 bits per heavy atom. The second-order valence-electron chi connectivity index (χ2n) is 4.51. The third kappa shape index (κ3) is 4.76. The van der Waals surface area contributed by atoms with Gasteiger partial charge in [0.2, 0.25) is 5.91 Å². The molecule has 0 aromatic heterocycles. The molecule has 1 fully saturated rings. The Hall–Kier alpha value is -0.420. The van der Waals surface area contributed by atoms with Crippen LogP contribution in [-0.2, 0) is 15.6 Å². The maximum absolute atomic E-state index is 12.1. The van der Waals surface area contributed by atoms with Gasteiger partial charge in [-0.05, 0) is 25.8 Å². The maximum atomic E-state index is 12.1. The predicted octanol–water partition coefficient (Wildman–Crippen LogP) is 0.792. The van der Waals surface area contributed by atoms with Gasteiger partial charge in [-0.15, -0.1) is 0 Å². The Kier molecular flexibility index (Phi) is 6.73. The second kappa shape index (κ2) is 7.82. The normalized spacial score (nSPS) is 25.8. The van der Waals surface area contributed by atoms with Gasteiger partial charge >= 0.3 is 0 Å². The highest BCUT2D eigenvalue weighted by Gasteiger charge is 2.31. The first-order valence-electron chi connectivity index (χ1n) is 6.56. The molecule has 100 valence electrons. The van der Waals surface area contributed by atoms with E-state index in [2.05, 4.69) is 17.6 Å². The monoisotopic (exact) mass is 260 g/mol. The van der Waals surface area contributed by atoms with Gasteiger partial charge in [0.15, 0.2) is 0 Å². The number of hydrogen-bond donors (Lipinski definition) is 2. The van der Waals surface area contributed by atoms with Crippen molar-refractivity contribution in [3.05, 3.63) is 0 Å². The van der Waals surface area contributed by atoms with Crippen molar-refractivity contribution in [2.45, 2.75) is 50.8 Å². The van der Waals surface area contributed by atoms with Crippen molar-refractivity contribution in [1.82, 2.24) is 10.6 Å². The molecule has 2 N–H and O–H groups in total. The lowest BCUT2D eigenvalue weighted by atomic mass is 10.2. The van der Waals surface area contributed by atoms with Crippen LogP contribution in [0, 0.1) is 0 Å². The molecule has 1 amide bonds. The van der Waals surface area contributed by atoms with E-state index in [1.54, 1.807) is 0 Å². The van der Waals surface area contributed by atoms with Gasteiger partial charge in [0.25, 0.3) is 0 Å². The van der Waals surface area contributed by atoms with Crippen LogP contribution in [0.4, 0.5) is 0 Å². The number of nitrogens with one attached hydrogen (secondary N) is 2. The topological polar surface area (TPSA) is 58.2 Å². The molecule has 4 nitrogen and oxygen atoms in total. The third-order valence-electron chi connectivity index (χ3n) is 3.10. The number of carbonyl (C=O) groups is 1. The molecule has 0 radical (unpaired) electrons. The van der Waals surface area contributed by atoms with Crippen molar-refractivity contribution in [3.63, 3.8) is 0 Å². The van der Waals surface area contributed by atoms with Gasteiger partial charge in [-0.25, -0.2) is 0 Å². The molecule has 1 aliphatic carbocycles. The number of hydrogen-bond acceptors (Lipinski definition) is 3. The first-order chi connectivity index (χ1) is 8.19. The maximum Gasteiger partial charge on any atom is 0.232 e. The summed E-state index contributed by atoms with van der Waals surface area (Å²) in [6.07, 6.45) is 4.10. The van der Waals surface area contributed by atoms with Crippen LogP contribution in [-0.4, -0.2) is 40.3 Å². The van der Waals surface area contributed by atoms with Crippen LogP contribution in [0.3, 0.4) is 0 Å². The molecule has 5 heteroatoms. The number of rotatable bonds is 7. The van der Waals surface area contributed by atoms with Gasteiger partial charge in [-0.2, -0.15) is 0 Å². The lowest BCUT2D eigenvalue weighted by Crippen LogP contribution is -2.41. The van der Waals surface area contributed by atoms with Crippen LogP contribution >= 0.6 is 0 Å². The molecule has 0 spiro atoms. The molecule has 0 heterocycles. The second-order valence-corrected chi connectivity index (χ2v) is 6.16.